The SMILES string of the molecule is Cc1ccccc1-c1ccc(N2CCCC(C(=O)N3CCN(c4cccc(Cl)c4)CC3)C2)nn1. The van der Waals surface area contributed by atoms with E-state index in [0.29, 0.717) is 6.54 Å². The molecular formula is C27H30ClN5O. The van der Waals surface area contributed by atoms with Crippen LogP contribution in [-0.2, 0) is 4.79 Å². The molecule has 6 nitrogen and oxygen atoms in total. The summed E-state index contributed by atoms with van der Waals surface area (Å²) >= 11 is 6.15. The van der Waals surface area contributed by atoms with E-state index in [-0.39, 0.29) is 11.8 Å². The molecule has 34 heavy (non-hydrogen) atoms. The molecule has 1 amide bonds. The standard InChI is InChI=1S/C27H30ClN5O/c1-20-6-2-3-10-24(20)25-11-12-26(30-29-25)33-13-5-7-21(19-33)27(34)32-16-14-31(15-17-32)23-9-4-8-22(28)18-23/h2-4,6,8-12,18,21H,5,7,13-17,19H2,1H3. The molecule has 7 heteroatoms. The second-order valence-electron chi connectivity index (χ2n) is 9.17. The Hall–Kier alpha value is -3.12. The number of nitrogens with zero attached hydrogens (tertiary/aromatic N) is 5. The Morgan fingerprint density at radius 2 is 1.74 bits per heavy atom. The van der Waals surface area contributed by atoms with E-state index in [1.807, 2.05) is 47.4 Å². The summed E-state index contributed by atoms with van der Waals surface area (Å²) in [6.45, 7) is 6.83. The van der Waals surface area contributed by atoms with Crippen molar-refractivity contribution in [3.8, 4) is 11.3 Å². The van der Waals surface area contributed by atoms with Crippen LogP contribution in [0.3, 0.4) is 0 Å². The number of benzene rings is 2. The minimum absolute atomic E-state index is 0.00399. The van der Waals surface area contributed by atoms with Crippen LogP contribution in [0.2, 0.25) is 5.02 Å². The summed E-state index contributed by atoms with van der Waals surface area (Å²) in [5, 5.41) is 9.74. The molecule has 0 N–H and O–H groups in total. The van der Waals surface area contributed by atoms with Crippen molar-refractivity contribution in [3.63, 3.8) is 0 Å². The van der Waals surface area contributed by atoms with Gasteiger partial charge in [0.15, 0.2) is 5.82 Å². The van der Waals surface area contributed by atoms with Crippen LogP contribution in [0.25, 0.3) is 11.3 Å². The zero-order chi connectivity index (χ0) is 23.5. The van der Waals surface area contributed by atoms with Gasteiger partial charge in [0.1, 0.15) is 0 Å². The molecule has 2 aromatic carbocycles. The van der Waals surface area contributed by atoms with Crippen molar-refractivity contribution in [1.29, 1.82) is 0 Å². The van der Waals surface area contributed by atoms with Gasteiger partial charge in [-0.25, -0.2) is 0 Å². The molecule has 0 bridgehead atoms. The monoisotopic (exact) mass is 475 g/mol. The second kappa shape index (κ2) is 10.0. The maximum absolute atomic E-state index is 13.3. The zero-order valence-corrected chi connectivity index (χ0v) is 20.3. The lowest BCUT2D eigenvalue weighted by Crippen LogP contribution is -2.52. The molecule has 0 saturated carbocycles. The number of piperidine rings is 1. The molecule has 2 aliphatic heterocycles. The van der Waals surface area contributed by atoms with Crippen LogP contribution in [0.1, 0.15) is 18.4 Å². The van der Waals surface area contributed by atoms with Crippen molar-refractivity contribution in [1.82, 2.24) is 15.1 Å². The molecule has 3 heterocycles. The Morgan fingerprint density at radius 1 is 0.912 bits per heavy atom. The first-order chi connectivity index (χ1) is 16.6. The normalized spacial score (nSPS) is 18.8. The van der Waals surface area contributed by atoms with Crippen LogP contribution in [0.15, 0.2) is 60.7 Å². The Labute approximate surface area is 206 Å². The highest BCUT2D eigenvalue weighted by Crippen LogP contribution is 2.27. The molecule has 1 aromatic heterocycles. The predicted octanol–water partition coefficient (Wildman–Crippen LogP) is 4.67. The maximum Gasteiger partial charge on any atom is 0.227 e. The number of anilines is 2. The fourth-order valence-corrected chi connectivity index (χ4v) is 5.19. The fourth-order valence-electron chi connectivity index (χ4n) is 5.00. The molecule has 3 aromatic rings. The second-order valence-corrected chi connectivity index (χ2v) is 9.61. The number of aryl methyl sites for hydroxylation is 1. The number of piperazine rings is 1. The Morgan fingerprint density at radius 3 is 2.47 bits per heavy atom. The van der Waals surface area contributed by atoms with Crippen molar-refractivity contribution in [2.24, 2.45) is 5.92 Å². The average molecular weight is 476 g/mol. The van der Waals surface area contributed by atoms with Gasteiger partial charge in [-0.2, -0.15) is 0 Å². The van der Waals surface area contributed by atoms with E-state index in [1.54, 1.807) is 0 Å². The van der Waals surface area contributed by atoms with Crippen LogP contribution in [0.5, 0.6) is 0 Å². The first-order valence-corrected chi connectivity index (χ1v) is 12.4. The number of carbonyl (C=O) groups excluding carboxylic acids is 1. The summed E-state index contributed by atoms with van der Waals surface area (Å²) in [7, 11) is 0. The summed E-state index contributed by atoms with van der Waals surface area (Å²) in [4.78, 5) is 19.9. The van der Waals surface area contributed by atoms with Gasteiger partial charge in [0.25, 0.3) is 0 Å². The Kier molecular flexibility index (Phi) is 6.68. The van der Waals surface area contributed by atoms with E-state index in [2.05, 4.69) is 45.1 Å². The van der Waals surface area contributed by atoms with Gasteiger partial charge >= 0.3 is 0 Å². The van der Waals surface area contributed by atoms with E-state index in [1.165, 1.54) is 5.56 Å². The molecule has 1 unspecified atom stereocenters. The largest absolute Gasteiger partial charge is 0.368 e. The van der Waals surface area contributed by atoms with Crippen LogP contribution in [-0.4, -0.2) is 60.3 Å². The minimum atomic E-state index is 0.00399. The summed E-state index contributed by atoms with van der Waals surface area (Å²) in [6.07, 6.45) is 1.92. The van der Waals surface area contributed by atoms with E-state index >= 15 is 0 Å². The highest BCUT2D eigenvalue weighted by Gasteiger charge is 2.31. The fraction of sp³-hybridized carbons (Fsp3) is 0.370. The Balaban J connectivity index is 1.20. The van der Waals surface area contributed by atoms with E-state index in [9.17, 15) is 4.79 Å². The first-order valence-electron chi connectivity index (χ1n) is 12.0. The smallest absolute Gasteiger partial charge is 0.227 e. The predicted molar refractivity (Wildman–Crippen MR) is 137 cm³/mol. The average Bonchev–Trinajstić information content (AvgIpc) is 2.89. The summed E-state index contributed by atoms with van der Waals surface area (Å²) in [5.74, 6) is 1.12. The lowest BCUT2D eigenvalue weighted by Gasteiger charge is -2.40. The summed E-state index contributed by atoms with van der Waals surface area (Å²) in [5.41, 5.74) is 4.29. The first kappa shape index (κ1) is 22.7. The lowest BCUT2D eigenvalue weighted by molar-refractivity contribution is -0.136. The highest BCUT2D eigenvalue weighted by atomic mass is 35.5. The summed E-state index contributed by atoms with van der Waals surface area (Å²) < 4.78 is 0. The van der Waals surface area contributed by atoms with Gasteiger partial charge in [-0.15, -0.1) is 10.2 Å². The number of hydrogen-bond donors (Lipinski definition) is 0. The van der Waals surface area contributed by atoms with Gasteiger partial charge in [-0.1, -0.05) is 41.9 Å². The van der Waals surface area contributed by atoms with Crippen LogP contribution >= 0.6 is 11.6 Å². The van der Waals surface area contributed by atoms with Crippen molar-refractivity contribution >= 4 is 29.0 Å². The number of amides is 1. The van der Waals surface area contributed by atoms with Crippen molar-refractivity contribution in [2.45, 2.75) is 19.8 Å². The molecule has 176 valence electrons. The number of hydrogen-bond acceptors (Lipinski definition) is 5. The minimum Gasteiger partial charge on any atom is -0.368 e. The third kappa shape index (κ3) is 4.87. The van der Waals surface area contributed by atoms with Crippen LogP contribution in [0.4, 0.5) is 11.5 Å². The molecular weight excluding hydrogens is 446 g/mol. The van der Waals surface area contributed by atoms with Gasteiger partial charge < -0.3 is 14.7 Å². The lowest BCUT2D eigenvalue weighted by atomic mass is 9.96. The number of rotatable bonds is 4. The van der Waals surface area contributed by atoms with Crippen LogP contribution in [0, 0.1) is 12.8 Å². The molecule has 5 rings (SSSR count). The molecule has 1 atom stereocenters. The van der Waals surface area contributed by atoms with Crippen molar-refractivity contribution < 1.29 is 4.79 Å². The van der Waals surface area contributed by atoms with E-state index in [4.69, 9.17) is 11.6 Å². The molecule has 0 spiro atoms. The molecule has 0 aliphatic carbocycles. The zero-order valence-electron chi connectivity index (χ0n) is 19.5. The van der Waals surface area contributed by atoms with E-state index in [0.717, 1.165) is 73.4 Å². The maximum atomic E-state index is 13.3. The van der Waals surface area contributed by atoms with Crippen molar-refractivity contribution in [2.75, 3.05) is 49.1 Å². The highest BCUT2D eigenvalue weighted by molar-refractivity contribution is 6.30. The van der Waals surface area contributed by atoms with Gasteiger partial charge in [0.2, 0.25) is 5.91 Å². The third-order valence-electron chi connectivity index (χ3n) is 6.93. The van der Waals surface area contributed by atoms with Gasteiger partial charge in [0.05, 0.1) is 11.6 Å². The van der Waals surface area contributed by atoms with Gasteiger partial charge in [-0.3, -0.25) is 4.79 Å². The van der Waals surface area contributed by atoms with E-state index < -0.39 is 0 Å². The quantitative estimate of drug-likeness (QED) is 0.548. The van der Waals surface area contributed by atoms with Gasteiger partial charge in [-0.05, 0) is 55.7 Å². The summed E-state index contributed by atoms with van der Waals surface area (Å²) in [6, 6.07) is 20.2. The molecule has 2 saturated heterocycles. The molecule has 2 aliphatic rings. The number of carbonyl (C=O) groups is 1. The number of aromatic nitrogens is 2. The van der Waals surface area contributed by atoms with Crippen LogP contribution < -0.4 is 9.80 Å². The molecule has 2 fully saturated rings. The molecule has 0 radical (unpaired) electrons. The van der Waals surface area contributed by atoms with Gasteiger partial charge in [0, 0.05) is 55.5 Å². The third-order valence-corrected chi connectivity index (χ3v) is 7.17. The Bertz CT molecular complexity index is 1140. The van der Waals surface area contributed by atoms with Crippen molar-refractivity contribution in [3.05, 3.63) is 71.2 Å². The number of halogens is 1. The topological polar surface area (TPSA) is 52.6 Å².